The van der Waals surface area contributed by atoms with E-state index in [4.69, 9.17) is 4.74 Å². The number of aryl methyl sites for hydroxylation is 1. The Hall–Kier alpha value is -2.01. The van der Waals surface area contributed by atoms with Gasteiger partial charge in [-0.3, -0.25) is 4.79 Å². The fraction of sp³-hybridized carbons (Fsp3) is 0.316. The van der Waals surface area contributed by atoms with Gasteiger partial charge in [0.25, 0.3) is 0 Å². The summed E-state index contributed by atoms with van der Waals surface area (Å²) >= 11 is 1.53. The van der Waals surface area contributed by atoms with Gasteiger partial charge in [0.05, 0.1) is 12.9 Å². The van der Waals surface area contributed by atoms with Crippen molar-refractivity contribution in [2.45, 2.75) is 19.2 Å². The van der Waals surface area contributed by atoms with E-state index in [1.54, 1.807) is 37.3 Å². The summed E-state index contributed by atoms with van der Waals surface area (Å²) in [6, 6.07) is 12.5. The van der Waals surface area contributed by atoms with Gasteiger partial charge in [0.15, 0.2) is 0 Å². The lowest BCUT2D eigenvalue weighted by Crippen LogP contribution is -2.28. The molecule has 2 aromatic rings. The van der Waals surface area contributed by atoms with Crippen LogP contribution in [-0.2, 0) is 17.1 Å². The van der Waals surface area contributed by atoms with Gasteiger partial charge in [0.1, 0.15) is 11.6 Å². The zero-order chi connectivity index (χ0) is 17.5. The lowest BCUT2D eigenvalue weighted by atomic mass is 10.1. The Balaban J connectivity index is 1.87. The van der Waals surface area contributed by atoms with Crippen LogP contribution in [0.1, 0.15) is 16.7 Å². The van der Waals surface area contributed by atoms with Crippen molar-refractivity contribution in [1.82, 2.24) is 4.90 Å². The molecule has 0 fully saturated rings. The lowest BCUT2D eigenvalue weighted by molar-refractivity contribution is -0.127. The van der Waals surface area contributed by atoms with Crippen LogP contribution in [0.3, 0.4) is 0 Å². The third-order valence-corrected chi connectivity index (χ3v) is 4.68. The van der Waals surface area contributed by atoms with E-state index in [1.165, 1.54) is 17.8 Å². The summed E-state index contributed by atoms with van der Waals surface area (Å²) in [5.74, 6) is 1.58. The Bertz CT molecular complexity index is 706. The summed E-state index contributed by atoms with van der Waals surface area (Å²) in [5.41, 5.74) is 2.76. The Kier molecular flexibility index (Phi) is 6.67. The highest BCUT2D eigenvalue weighted by Gasteiger charge is 2.12. The topological polar surface area (TPSA) is 29.5 Å². The van der Waals surface area contributed by atoms with E-state index in [9.17, 15) is 9.18 Å². The van der Waals surface area contributed by atoms with Gasteiger partial charge in [0, 0.05) is 30.5 Å². The molecule has 0 saturated carbocycles. The molecule has 0 aliphatic rings. The molecule has 0 saturated heterocycles. The van der Waals surface area contributed by atoms with E-state index in [0.717, 1.165) is 16.9 Å². The zero-order valence-corrected chi connectivity index (χ0v) is 15.0. The second kappa shape index (κ2) is 8.73. The molecule has 0 radical (unpaired) electrons. The smallest absolute Gasteiger partial charge is 0.232 e. The Morgan fingerprint density at radius 2 is 1.96 bits per heavy atom. The summed E-state index contributed by atoms with van der Waals surface area (Å²) in [6.07, 6.45) is 0. The Labute approximate surface area is 146 Å². The first kappa shape index (κ1) is 18.3. The van der Waals surface area contributed by atoms with Crippen LogP contribution >= 0.6 is 11.8 Å². The van der Waals surface area contributed by atoms with Gasteiger partial charge in [-0.25, -0.2) is 4.39 Å². The fourth-order valence-corrected chi connectivity index (χ4v) is 3.29. The molecule has 128 valence electrons. The highest BCUT2D eigenvalue weighted by molar-refractivity contribution is 7.99. The van der Waals surface area contributed by atoms with Crippen LogP contribution in [0.2, 0.25) is 0 Å². The molecule has 2 aromatic carbocycles. The van der Waals surface area contributed by atoms with Crippen molar-refractivity contribution < 1.29 is 13.9 Å². The number of carbonyl (C=O) groups is 1. The molecule has 1 amide bonds. The SMILES string of the molecule is COc1ccc(C)cc1CSCC(=O)N(C)Cc1ccccc1F. The quantitative estimate of drug-likeness (QED) is 0.757. The van der Waals surface area contributed by atoms with Gasteiger partial charge in [-0.05, 0) is 19.1 Å². The number of hydrogen-bond acceptors (Lipinski definition) is 3. The Morgan fingerprint density at radius 1 is 1.21 bits per heavy atom. The molecule has 2 rings (SSSR count). The molecule has 0 heterocycles. The van der Waals surface area contributed by atoms with Crippen LogP contribution in [0.4, 0.5) is 4.39 Å². The van der Waals surface area contributed by atoms with Crippen molar-refractivity contribution >= 4 is 17.7 Å². The van der Waals surface area contributed by atoms with Gasteiger partial charge >= 0.3 is 0 Å². The second-order valence-electron chi connectivity index (χ2n) is 5.65. The molecule has 0 aromatic heterocycles. The van der Waals surface area contributed by atoms with Gasteiger partial charge in [0.2, 0.25) is 5.91 Å². The average molecular weight is 347 g/mol. The summed E-state index contributed by atoms with van der Waals surface area (Å²) < 4.78 is 19.0. The van der Waals surface area contributed by atoms with Gasteiger partial charge in [-0.1, -0.05) is 35.9 Å². The summed E-state index contributed by atoms with van der Waals surface area (Å²) in [7, 11) is 3.34. The van der Waals surface area contributed by atoms with E-state index in [-0.39, 0.29) is 18.3 Å². The van der Waals surface area contributed by atoms with Crippen molar-refractivity contribution in [3.8, 4) is 5.75 Å². The number of hydrogen-bond donors (Lipinski definition) is 0. The average Bonchev–Trinajstić information content (AvgIpc) is 2.57. The number of methoxy groups -OCH3 is 1. The van der Waals surface area contributed by atoms with E-state index in [1.807, 2.05) is 19.1 Å². The van der Waals surface area contributed by atoms with E-state index >= 15 is 0 Å². The number of halogens is 1. The number of nitrogens with zero attached hydrogens (tertiary/aromatic N) is 1. The number of rotatable bonds is 7. The summed E-state index contributed by atoms with van der Waals surface area (Å²) in [6.45, 7) is 2.31. The molecule has 0 spiro atoms. The van der Waals surface area contributed by atoms with Crippen LogP contribution < -0.4 is 4.74 Å². The largest absolute Gasteiger partial charge is 0.496 e. The minimum absolute atomic E-state index is 0.0186. The predicted molar refractivity (Wildman–Crippen MR) is 96.8 cm³/mol. The first-order valence-corrected chi connectivity index (χ1v) is 8.85. The number of benzene rings is 2. The van der Waals surface area contributed by atoms with E-state index in [2.05, 4.69) is 6.07 Å². The maximum Gasteiger partial charge on any atom is 0.232 e. The third-order valence-electron chi connectivity index (χ3n) is 3.71. The van der Waals surface area contributed by atoms with Crippen LogP contribution in [0.5, 0.6) is 5.75 Å². The van der Waals surface area contributed by atoms with Crippen molar-refractivity contribution in [3.05, 3.63) is 65.0 Å². The molecule has 5 heteroatoms. The van der Waals surface area contributed by atoms with E-state index in [0.29, 0.717) is 17.1 Å². The monoisotopic (exact) mass is 347 g/mol. The van der Waals surface area contributed by atoms with Gasteiger partial charge in [-0.2, -0.15) is 0 Å². The number of amides is 1. The predicted octanol–water partition coefficient (Wildman–Crippen LogP) is 4.03. The van der Waals surface area contributed by atoms with Crippen molar-refractivity contribution in [2.24, 2.45) is 0 Å². The van der Waals surface area contributed by atoms with Crippen molar-refractivity contribution in [1.29, 1.82) is 0 Å². The third kappa shape index (κ3) is 4.99. The van der Waals surface area contributed by atoms with Crippen molar-refractivity contribution in [3.63, 3.8) is 0 Å². The number of carbonyl (C=O) groups excluding carboxylic acids is 1. The number of ether oxygens (including phenoxy) is 1. The van der Waals surface area contributed by atoms with Gasteiger partial charge in [-0.15, -0.1) is 11.8 Å². The minimum Gasteiger partial charge on any atom is -0.496 e. The molecule has 0 atom stereocenters. The maximum atomic E-state index is 13.7. The molecule has 3 nitrogen and oxygen atoms in total. The molecule has 0 bridgehead atoms. The van der Waals surface area contributed by atoms with Crippen LogP contribution in [-0.4, -0.2) is 30.7 Å². The normalized spacial score (nSPS) is 10.5. The summed E-state index contributed by atoms with van der Waals surface area (Å²) in [5, 5.41) is 0. The van der Waals surface area contributed by atoms with Crippen LogP contribution in [0.25, 0.3) is 0 Å². The van der Waals surface area contributed by atoms with Crippen LogP contribution in [0, 0.1) is 12.7 Å². The summed E-state index contributed by atoms with van der Waals surface area (Å²) in [4.78, 5) is 13.8. The van der Waals surface area contributed by atoms with Gasteiger partial charge < -0.3 is 9.64 Å². The molecule has 0 aliphatic heterocycles. The highest BCUT2D eigenvalue weighted by Crippen LogP contribution is 2.24. The molecular weight excluding hydrogens is 325 g/mol. The lowest BCUT2D eigenvalue weighted by Gasteiger charge is -2.17. The van der Waals surface area contributed by atoms with Crippen molar-refractivity contribution in [2.75, 3.05) is 19.9 Å². The Morgan fingerprint density at radius 3 is 2.67 bits per heavy atom. The van der Waals surface area contributed by atoms with Crippen LogP contribution in [0.15, 0.2) is 42.5 Å². The highest BCUT2D eigenvalue weighted by atomic mass is 32.2. The molecule has 0 aliphatic carbocycles. The molecule has 0 N–H and O–H groups in total. The first-order chi connectivity index (χ1) is 11.5. The maximum absolute atomic E-state index is 13.7. The minimum atomic E-state index is -0.283. The molecule has 0 unspecified atom stereocenters. The second-order valence-corrected chi connectivity index (χ2v) is 6.63. The van der Waals surface area contributed by atoms with E-state index < -0.39 is 0 Å². The fourth-order valence-electron chi connectivity index (χ4n) is 2.35. The first-order valence-electron chi connectivity index (χ1n) is 7.70. The standard InChI is InChI=1S/C19H22FNO2S/c1-14-8-9-18(23-3)16(10-14)12-24-13-19(22)21(2)11-15-6-4-5-7-17(15)20/h4-10H,11-13H2,1-3H3. The number of thioether (sulfide) groups is 1. The zero-order valence-electron chi connectivity index (χ0n) is 14.2. The molecular formula is C19H22FNO2S. The molecule has 24 heavy (non-hydrogen) atoms.